The molecular weight excluding hydrogens is 469 g/mol. The summed E-state index contributed by atoms with van der Waals surface area (Å²) in [6.07, 6.45) is 2.14. The van der Waals surface area contributed by atoms with Gasteiger partial charge in [0.15, 0.2) is 11.1 Å². The summed E-state index contributed by atoms with van der Waals surface area (Å²) in [5.41, 5.74) is 3.82. The zero-order valence-electron chi connectivity index (χ0n) is 17.0. The topological polar surface area (TPSA) is 52.6 Å². The molecule has 0 saturated heterocycles. The minimum Gasteiger partial charge on any atom is -0.356 e. The fourth-order valence-corrected chi connectivity index (χ4v) is 3.30. The van der Waals surface area contributed by atoms with Gasteiger partial charge in [0.1, 0.15) is 0 Å². The van der Waals surface area contributed by atoms with Gasteiger partial charge in [-0.3, -0.25) is 4.99 Å². The predicted octanol–water partition coefficient (Wildman–Crippen LogP) is 4.25. The molecular formula is C20H32IN5S. The third-order valence-electron chi connectivity index (χ3n) is 4.16. The molecule has 1 aromatic heterocycles. The Bertz CT molecular complexity index is 695. The van der Waals surface area contributed by atoms with Crippen molar-refractivity contribution in [3.05, 3.63) is 46.5 Å². The highest BCUT2D eigenvalue weighted by Crippen LogP contribution is 2.17. The number of thiazole rings is 1. The summed E-state index contributed by atoms with van der Waals surface area (Å²) >= 11 is 1.65. The van der Waals surface area contributed by atoms with Crippen molar-refractivity contribution >= 4 is 46.4 Å². The van der Waals surface area contributed by atoms with Crippen molar-refractivity contribution in [3.8, 4) is 0 Å². The summed E-state index contributed by atoms with van der Waals surface area (Å²) in [5.74, 6) is 1.41. The second-order valence-corrected chi connectivity index (χ2v) is 7.70. The van der Waals surface area contributed by atoms with E-state index in [2.05, 4.69) is 64.1 Å². The van der Waals surface area contributed by atoms with Crippen LogP contribution in [0.1, 0.15) is 43.0 Å². The highest BCUT2D eigenvalue weighted by molar-refractivity contribution is 14.0. The van der Waals surface area contributed by atoms with Crippen LogP contribution in [0.4, 0.5) is 5.13 Å². The number of aromatic nitrogens is 1. The molecule has 0 aliphatic rings. The smallest absolute Gasteiger partial charge is 0.191 e. The van der Waals surface area contributed by atoms with Crippen LogP contribution in [-0.2, 0) is 13.0 Å². The molecule has 2 aromatic rings. The lowest BCUT2D eigenvalue weighted by Crippen LogP contribution is -2.37. The van der Waals surface area contributed by atoms with Gasteiger partial charge in [-0.2, -0.15) is 0 Å². The largest absolute Gasteiger partial charge is 0.356 e. The lowest BCUT2D eigenvalue weighted by molar-refractivity contribution is 0.738. The van der Waals surface area contributed by atoms with Gasteiger partial charge < -0.3 is 15.5 Å². The zero-order chi connectivity index (χ0) is 18.9. The fourth-order valence-electron chi connectivity index (χ4n) is 2.55. The Morgan fingerprint density at radius 2 is 1.89 bits per heavy atom. The Labute approximate surface area is 184 Å². The van der Waals surface area contributed by atoms with E-state index in [-0.39, 0.29) is 24.0 Å². The number of aliphatic imine (C=N–C) groups is 1. The van der Waals surface area contributed by atoms with Crippen molar-refractivity contribution in [3.63, 3.8) is 0 Å². The van der Waals surface area contributed by atoms with Gasteiger partial charge in [0, 0.05) is 33.1 Å². The number of anilines is 1. The number of hydrogen-bond acceptors (Lipinski definition) is 4. The number of rotatable bonds is 8. The number of halogens is 1. The minimum atomic E-state index is 0. The van der Waals surface area contributed by atoms with Gasteiger partial charge >= 0.3 is 0 Å². The Morgan fingerprint density at radius 3 is 2.44 bits per heavy atom. The summed E-state index contributed by atoms with van der Waals surface area (Å²) in [4.78, 5) is 10.9. The molecule has 1 aromatic carbocycles. The Morgan fingerprint density at radius 1 is 1.19 bits per heavy atom. The summed E-state index contributed by atoms with van der Waals surface area (Å²) in [6, 6.07) is 8.97. The van der Waals surface area contributed by atoms with Crippen LogP contribution in [0.15, 0.2) is 34.6 Å². The molecule has 2 rings (SSSR count). The summed E-state index contributed by atoms with van der Waals surface area (Å²) in [6.45, 7) is 6.03. The summed E-state index contributed by atoms with van der Waals surface area (Å²) in [7, 11) is 5.81. The molecule has 1 heterocycles. The van der Waals surface area contributed by atoms with Gasteiger partial charge in [-0.15, -0.1) is 35.3 Å². The second-order valence-electron chi connectivity index (χ2n) is 6.87. The lowest BCUT2D eigenvalue weighted by atomic mass is 10.0. The van der Waals surface area contributed by atoms with Gasteiger partial charge in [0.2, 0.25) is 0 Å². The first-order valence-electron chi connectivity index (χ1n) is 9.14. The van der Waals surface area contributed by atoms with Crippen molar-refractivity contribution in [2.24, 2.45) is 4.99 Å². The highest BCUT2D eigenvalue weighted by Gasteiger charge is 2.05. The monoisotopic (exact) mass is 501 g/mol. The average molecular weight is 501 g/mol. The number of benzene rings is 1. The van der Waals surface area contributed by atoms with Gasteiger partial charge in [0.05, 0.1) is 12.2 Å². The van der Waals surface area contributed by atoms with E-state index in [0.29, 0.717) is 12.5 Å². The lowest BCUT2D eigenvalue weighted by Gasteiger charge is -2.11. The van der Waals surface area contributed by atoms with Crippen molar-refractivity contribution < 1.29 is 0 Å². The van der Waals surface area contributed by atoms with E-state index in [1.54, 1.807) is 18.4 Å². The number of nitrogens with zero attached hydrogens (tertiary/aromatic N) is 3. The zero-order valence-corrected chi connectivity index (χ0v) is 20.1. The molecule has 0 radical (unpaired) electrons. The maximum atomic E-state index is 4.57. The second kappa shape index (κ2) is 12.2. The van der Waals surface area contributed by atoms with Crippen molar-refractivity contribution in [1.82, 2.24) is 15.6 Å². The van der Waals surface area contributed by atoms with E-state index in [1.165, 1.54) is 11.1 Å². The minimum absolute atomic E-state index is 0. The fraction of sp³-hybridized carbons (Fsp3) is 0.500. The Hall–Kier alpha value is -1.35. The maximum absolute atomic E-state index is 4.57. The van der Waals surface area contributed by atoms with Crippen molar-refractivity contribution in [2.75, 3.05) is 32.6 Å². The molecule has 0 amide bonds. The SMILES string of the molecule is CN=C(NCCCc1ccc(C(C)C)cc1)NCc1csc(N(C)C)n1.I. The number of nitrogens with one attached hydrogen (secondary N) is 2. The van der Waals surface area contributed by atoms with Gasteiger partial charge in [0.25, 0.3) is 0 Å². The molecule has 0 aliphatic heterocycles. The van der Waals surface area contributed by atoms with E-state index in [4.69, 9.17) is 0 Å². The first-order chi connectivity index (χ1) is 12.5. The molecule has 0 fully saturated rings. The highest BCUT2D eigenvalue weighted by atomic mass is 127. The van der Waals surface area contributed by atoms with E-state index >= 15 is 0 Å². The van der Waals surface area contributed by atoms with Gasteiger partial charge in [-0.05, 0) is 29.9 Å². The standard InChI is InChI=1S/C20H31N5S.HI/c1-15(2)17-10-8-16(9-11-17)7-6-12-22-19(21-3)23-13-18-14-26-20(24-18)25(4)5;/h8-11,14-15H,6-7,12-13H2,1-5H3,(H2,21,22,23);1H. The molecule has 7 heteroatoms. The first-order valence-corrected chi connectivity index (χ1v) is 10.0. The van der Waals surface area contributed by atoms with Gasteiger partial charge in [-0.1, -0.05) is 38.1 Å². The van der Waals surface area contributed by atoms with Crippen LogP contribution in [-0.4, -0.2) is 38.6 Å². The van der Waals surface area contributed by atoms with Gasteiger partial charge in [-0.25, -0.2) is 4.98 Å². The van der Waals surface area contributed by atoms with Crippen LogP contribution >= 0.6 is 35.3 Å². The maximum Gasteiger partial charge on any atom is 0.191 e. The predicted molar refractivity (Wildman–Crippen MR) is 129 cm³/mol. The van der Waals surface area contributed by atoms with Crippen molar-refractivity contribution in [2.45, 2.75) is 39.2 Å². The van der Waals surface area contributed by atoms with E-state index in [0.717, 1.165) is 36.2 Å². The van der Waals surface area contributed by atoms with E-state index < -0.39 is 0 Å². The molecule has 0 aliphatic carbocycles. The molecule has 0 spiro atoms. The first kappa shape index (κ1) is 23.7. The van der Waals surface area contributed by atoms with Crippen LogP contribution in [0.3, 0.4) is 0 Å². The molecule has 0 saturated carbocycles. The van der Waals surface area contributed by atoms with Crippen LogP contribution < -0.4 is 15.5 Å². The number of aryl methyl sites for hydroxylation is 1. The number of guanidine groups is 1. The summed E-state index contributed by atoms with van der Waals surface area (Å²) in [5, 5.41) is 9.80. The molecule has 0 bridgehead atoms. The Kier molecular flexibility index (Phi) is 10.7. The van der Waals surface area contributed by atoms with Crippen LogP contribution in [0.2, 0.25) is 0 Å². The normalized spacial score (nSPS) is 11.3. The molecule has 150 valence electrons. The molecule has 0 unspecified atom stereocenters. The van der Waals surface area contributed by atoms with Crippen molar-refractivity contribution in [1.29, 1.82) is 0 Å². The molecule has 27 heavy (non-hydrogen) atoms. The van der Waals surface area contributed by atoms with Crippen LogP contribution in [0.25, 0.3) is 0 Å². The van der Waals surface area contributed by atoms with Crippen LogP contribution in [0, 0.1) is 0 Å². The molecule has 5 nitrogen and oxygen atoms in total. The number of hydrogen-bond donors (Lipinski definition) is 2. The van der Waals surface area contributed by atoms with E-state index in [1.807, 2.05) is 19.0 Å². The molecule has 0 atom stereocenters. The third-order valence-corrected chi connectivity index (χ3v) is 5.22. The molecule has 2 N–H and O–H groups in total. The summed E-state index contributed by atoms with van der Waals surface area (Å²) < 4.78 is 0. The average Bonchev–Trinajstić information content (AvgIpc) is 3.11. The van der Waals surface area contributed by atoms with E-state index in [9.17, 15) is 0 Å². The third kappa shape index (κ3) is 8.04. The quantitative estimate of drug-likeness (QED) is 0.246. The van der Waals surface area contributed by atoms with Crippen LogP contribution in [0.5, 0.6) is 0 Å². The Balaban J connectivity index is 0.00000364.